The molecule has 0 bridgehead atoms. The van der Waals surface area contributed by atoms with Crippen LogP contribution in [0.2, 0.25) is 0 Å². The van der Waals surface area contributed by atoms with Crippen LogP contribution in [0.25, 0.3) is 11.4 Å². The van der Waals surface area contributed by atoms with Crippen molar-refractivity contribution in [2.75, 3.05) is 6.26 Å². The lowest BCUT2D eigenvalue weighted by molar-refractivity contribution is 0.251. The molecule has 0 radical (unpaired) electrons. The van der Waals surface area contributed by atoms with E-state index in [0.29, 0.717) is 11.7 Å². The number of rotatable bonds is 5. The Hall–Kier alpha value is -2.51. The highest BCUT2D eigenvalue weighted by molar-refractivity contribution is 7.88. The van der Waals surface area contributed by atoms with Crippen LogP contribution in [0.4, 0.5) is 0 Å². The van der Waals surface area contributed by atoms with E-state index in [2.05, 4.69) is 16.2 Å². The van der Waals surface area contributed by atoms with E-state index in [1.54, 1.807) is 0 Å². The zero-order valence-electron chi connectivity index (χ0n) is 16.0. The second-order valence-electron chi connectivity index (χ2n) is 7.29. The maximum absolute atomic E-state index is 12.6. The van der Waals surface area contributed by atoms with Gasteiger partial charge in [0, 0.05) is 5.56 Å². The topological polar surface area (TPSA) is 76.3 Å². The average Bonchev–Trinajstić information content (AvgIpc) is 3.14. The molecule has 7 heteroatoms. The van der Waals surface area contributed by atoms with Crippen molar-refractivity contribution in [2.45, 2.75) is 38.8 Å². The zero-order valence-corrected chi connectivity index (χ0v) is 16.8. The van der Waals surface area contributed by atoms with E-state index in [0.717, 1.165) is 36.0 Å². The van der Waals surface area contributed by atoms with Crippen molar-refractivity contribution >= 4 is 10.0 Å². The molecule has 6 nitrogen and oxygen atoms in total. The first-order valence-electron chi connectivity index (χ1n) is 9.36. The first-order chi connectivity index (χ1) is 13.4. The van der Waals surface area contributed by atoms with Crippen LogP contribution in [0.15, 0.2) is 53.1 Å². The van der Waals surface area contributed by atoms with Crippen molar-refractivity contribution in [3.63, 3.8) is 0 Å². The predicted octanol–water partition coefficient (Wildman–Crippen LogP) is 3.88. The van der Waals surface area contributed by atoms with Crippen molar-refractivity contribution in [1.29, 1.82) is 0 Å². The minimum absolute atomic E-state index is 0.0662. The van der Waals surface area contributed by atoms with Gasteiger partial charge in [-0.1, -0.05) is 59.3 Å². The van der Waals surface area contributed by atoms with Gasteiger partial charge in [0.2, 0.25) is 21.7 Å². The van der Waals surface area contributed by atoms with E-state index in [1.807, 2.05) is 49.4 Å². The van der Waals surface area contributed by atoms with Gasteiger partial charge in [-0.2, -0.15) is 9.29 Å². The fraction of sp³-hybridized carbons (Fsp3) is 0.333. The summed E-state index contributed by atoms with van der Waals surface area (Å²) < 4.78 is 32.1. The van der Waals surface area contributed by atoms with Crippen LogP contribution in [0.1, 0.15) is 41.5 Å². The number of fused-ring (bicyclic) bond motifs is 1. The Kier molecular flexibility index (Phi) is 5.03. The molecule has 0 aliphatic heterocycles. The molecular weight excluding hydrogens is 374 g/mol. The fourth-order valence-corrected chi connectivity index (χ4v) is 4.78. The highest BCUT2D eigenvalue weighted by Crippen LogP contribution is 2.36. The molecule has 0 amide bonds. The summed E-state index contributed by atoms with van der Waals surface area (Å²) in [5, 5.41) is 4.03. The molecule has 0 N–H and O–H groups in total. The van der Waals surface area contributed by atoms with Crippen LogP contribution in [0.5, 0.6) is 0 Å². The maximum atomic E-state index is 12.6. The number of sulfonamides is 1. The van der Waals surface area contributed by atoms with E-state index in [9.17, 15) is 8.42 Å². The van der Waals surface area contributed by atoms with Gasteiger partial charge in [-0.25, -0.2) is 8.42 Å². The Morgan fingerprint density at radius 2 is 1.89 bits per heavy atom. The molecule has 1 aliphatic carbocycles. The number of hydrogen-bond donors (Lipinski definition) is 0. The highest BCUT2D eigenvalue weighted by Gasteiger charge is 2.33. The number of nitrogens with zero attached hydrogens (tertiary/aromatic N) is 3. The third-order valence-electron chi connectivity index (χ3n) is 5.18. The molecule has 0 spiro atoms. The molecule has 146 valence electrons. The molecule has 0 fully saturated rings. The van der Waals surface area contributed by atoms with Crippen LogP contribution in [0, 0.1) is 6.92 Å². The second-order valence-corrected chi connectivity index (χ2v) is 9.23. The molecule has 1 aliphatic rings. The molecule has 0 saturated carbocycles. The Morgan fingerprint density at radius 3 is 2.64 bits per heavy atom. The van der Waals surface area contributed by atoms with Crippen molar-refractivity contribution in [3.05, 3.63) is 71.1 Å². The van der Waals surface area contributed by atoms with Crippen LogP contribution >= 0.6 is 0 Å². The summed E-state index contributed by atoms with van der Waals surface area (Å²) in [6.45, 7) is 2.08. The summed E-state index contributed by atoms with van der Waals surface area (Å²) in [5.41, 5.74) is 4.26. The minimum Gasteiger partial charge on any atom is -0.338 e. The maximum Gasteiger partial charge on any atom is 0.242 e. The van der Waals surface area contributed by atoms with Gasteiger partial charge in [-0.05, 0) is 37.3 Å². The monoisotopic (exact) mass is 397 g/mol. The van der Waals surface area contributed by atoms with Crippen molar-refractivity contribution in [1.82, 2.24) is 14.4 Å². The van der Waals surface area contributed by atoms with E-state index >= 15 is 0 Å². The van der Waals surface area contributed by atoms with Gasteiger partial charge < -0.3 is 4.52 Å². The molecule has 4 rings (SSSR count). The minimum atomic E-state index is -3.46. The van der Waals surface area contributed by atoms with Crippen LogP contribution < -0.4 is 0 Å². The van der Waals surface area contributed by atoms with Gasteiger partial charge in [0.25, 0.3) is 0 Å². The summed E-state index contributed by atoms with van der Waals surface area (Å²) in [6, 6.07) is 15.6. The molecule has 0 unspecified atom stereocenters. The number of aryl methyl sites for hydroxylation is 2. The quantitative estimate of drug-likeness (QED) is 0.653. The van der Waals surface area contributed by atoms with Crippen LogP contribution in [-0.4, -0.2) is 29.1 Å². The molecule has 1 aromatic heterocycles. The fourth-order valence-electron chi connectivity index (χ4n) is 3.76. The van der Waals surface area contributed by atoms with Crippen LogP contribution in [-0.2, 0) is 23.0 Å². The smallest absolute Gasteiger partial charge is 0.242 e. The summed E-state index contributed by atoms with van der Waals surface area (Å²) in [6.07, 6.45) is 3.94. The van der Waals surface area contributed by atoms with Crippen LogP contribution in [0.3, 0.4) is 0 Å². The van der Waals surface area contributed by atoms with Gasteiger partial charge in [-0.3, -0.25) is 0 Å². The third-order valence-corrected chi connectivity index (χ3v) is 6.42. The van der Waals surface area contributed by atoms with E-state index in [1.165, 1.54) is 16.1 Å². The van der Waals surface area contributed by atoms with Gasteiger partial charge >= 0.3 is 0 Å². The van der Waals surface area contributed by atoms with E-state index in [4.69, 9.17) is 4.52 Å². The molecule has 28 heavy (non-hydrogen) atoms. The lowest BCUT2D eigenvalue weighted by Gasteiger charge is -2.33. The van der Waals surface area contributed by atoms with Crippen molar-refractivity contribution < 1.29 is 12.9 Å². The Labute approximate surface area is 165 Å². The lowest BCUT2D eigenvalue weighted by Crippen LogP contribution is -2.35. The summed E-state index contributed by atoms with van der Waals surface area (Å²) in [4.78, 5) is 4.43. The highest BCUT2D eigenvalue weighted by atomic mass is 32.2. The van der Waals surface area contributed by atoms with Gasteiger partial charge in [0.15, 0.2) is 0 Å². The molecule has 1 atom stereocenters. The summed E-state index contributed by atoms with van der Waals surface area (Å²) in [7, 11) is -3.46. The second kappa shape index (κ2) is 7.48. The number of aromatic nitrogens is 2. The van der Waals surface area contributed by atoms with Crippen molar-refractivity contribution in [2.24, 2.45) is 0 Å². The van der Waals surface area contributed by atoms with Crippen molar-refractivity contribution in [3.8, 4) is 11.4 Å². The first kappa shape index (κ1) is 18.8. The molecule has 0 saturated heterocycles. The Balaban J connectivity index is 1.63. The molecule has 1 heterocycles. The average molecular weight is 398 g/mol. The van der Waals surface area contributed by atoms with E-state index in [-0.39, 0.29) is 12.6 Å². The van der Waals surface area contributed by atoms with E-state index < -0.39 is 10.0 Å². The standard InChI is InChI=1S/C21H23N3O3S/c1-15-10-12-17(13-11-15)21-22-20(27-23-21)14-24(28(2,25)26)19-9-5-7-16-6-3-4-8-18(16)19/h3-4,6,8,10-13,19H,5,7,9,14H2,1-2H3/t19-/m0/s1. The zero-order chi connectivity index (χ0) is 19.7. The van der Waals surface area contributed by atoms with Gasteiger partial charge in [0.05, 0.1) is 18.8 Å². The number of hydrogen-bond acceptors (Lipinski definition) is 5. The SMILES string of the molecule is Cc1ccc(-c2noc(CN([C@H]3CCCc4ccccc43)S(C)(=O)=O)n2)cc1. The number of benzene rings is 2. The predicted molar refractivity (Wildman–Crippen MR) is 107 cm³/mol. The summed E-state index contributed by atoms with van der Waals surface area (Å²) in [5.74, 6) is 0.761. The third kappa shape index (κ3) is 3.86. The molecule has 2 aromatic carbocycles. The lowest BCUT2D eigenvalue weighted by atomic mass is 9.88. The normalized spacial score (nSPS) is 16.9. The van der Waals surface area contributed by atoms with Gasteiger partial charge in [-0.15, -0.1) is 0 Å². The summed E-state index contributed by atoms with van der Waals surface area (Å²) >= 11 is 0. The largest absolute Gasteiger partial charge is 0.338 e. The Bertz CT molecular complexity index is 1070. The van der Waals surface area contributed by atoms with Gasteiger partial charge in [0.1, 0.15) is 0 Å². The molecule has 3 aromatic rings. The first-order valence-corrected chi connectivity index (χ1v) is 11.2. The molecular formula is C21H23N3O3S. The Morgan fingerprint density at radius 1 is 1.14 bits per heavy atom.